The van der Waals surface area contributed by atoms with E-state index in [4.69, 9.17) is 11.5 Å². The van der Waals surface area contributed by atoms with Gasteiger partial charge in [-0.3, -0.25) is 4.99 Å². The maximum Gasteiger partial charge on any atom is 0.218 e. The second kappa shape index (κ2) is 6.48. The number of hydrogen-bond donors (Lipinski definition) is 4. The average Bonchev–Trinajstić information content (AvgIpc) is 2.39. The molecule has 7 heteroatoms. The summed E-state index contributed by atoms with van der Waals surface area (Å²) in [6, 6.07) is 4.69. The molecule has 0 saturated carbocycles. The van der Waals surface area contributed by atoms with Gasteiger partial charge in [0.05, 0.1) is 0 Å². The van der Waals surface area contributed by atoms with Crippen LogP contribution in [0.25, 0.3) is 0 Å². The lowest BCUT2D eigenvalue weighted by molar-refractivity contribution is 0.402. The Balaban J connectivity index is 2.61. The summed E-state index contributed by atoms with van der Waals surface area (Å²) in [6.45, 7) is 0.594. The van der Waals surface area contributed by atoms with Crippen LogP contribution in [0.3, 0.4) is 0 Å². The van der Waals surface area contributed by atoms with Gasteiger partial charge in [-0.25, -0.2) is 0 Å². The van der Waals surface area contributed by atoms with Crippen molar-refractivity contribution in [1.82, 2.24) is 4.90 Å². The number of aliphatic imine (C=N–C) groups is 2. The lowest BCUT2D eigenvalue weighted by Gasteiger charge is -2.17. The first-order chi connectivity index (χ1) is 8.93. The van der Waals surface area contributed by atoms with E-state index in [1.807, 2.05) is 0 Å². The number of aromatic hydroxyl groups is 2. The van der Waals surface area contributed by atoms with Gasteiger partial charge < -0.3 is 26.6 Å². The third kappa shape index (κ3) is 4.38. The lowest BCUT2D eigenvalue weighted by atomic mass is 10.1. The van der Waals surface area contributed by atoms with Crippen LogP contribution in [0.15, 0.2) is 28.2 Å². The molecule has 0 aliphatic heterocycles. The van der Waals surface area contributed by atoms with Crippen LogP contribution in [0.1, 0.15) is 5.56 Å². The van der Waals surface area contributed by atoms with Crippen LogP contribution in [0.5, 0.6) is 11.5 Å². The van der Waals surface area contributed by atoms with Gasteiger partial charge in [0.15, 0.2) is 17.5 Å². The van der Waals surface area contributed by atoms with E-state index in [1.54, 1.807) is 18.0 Å². The molecule has 0 saturated heterocycles. The van der Waals surface area contributed by atoms with E-state index in [1.165, 1.54) is 19.2 Å². The Morgan fingerprint density at radius 1 is 1.26 bits per heavy atom. The molecule has 1 rings (SSSR count). The molecule has 0 aliphatic carbocycles. The van der Waals surface area contributed by atoms with Crippen molar-refractivity contribution < 1.29 is 10.2 Å². The summed E-state index contributed by atoms with van der Waals surface area (Å²) in [5.74, 6) is 0.118. The molecular weight excluding hydrogens is 246 g/mol. The summed E-state index contributed by atoms with van der Waals surface area (Å²) in [7, 11) is 3.31. The SMILES string of the molecule is CN=C(N)N=C(N)N(C)CCc1ccc(O)c(O)c1. The molecule has 104 valence electrons. The first kappa shape index (κ1) is 14.6. The molecule has 0 bridgehead atoms. The Labute approximate surface area is 111 Å². The molecular formula is C12H19N5O2. The zero-order chi connectivity index (χ0) is 14.4. The van der Waals surface area contributed by atoms with Crippen LogP contribution in [0.4, 0.5) is 0 Å². The fourth-order valence-electron chi connectivity index (χ4n) is 1.39. The average molecular weight is 265 g/mol. The zero-order valence-electron chi connectivity index (χ0n) is 11.0. The summed E-state index contributed by atoms with van der Waals surface area (Å²) < 4.78 is 0. The number of likely N-dealkylation sites (N-methyl/N-ethyl adjacent to an activating group) is 1. The van der Waals surface area contributed by atoms with E-state index in [0.29, 0.717) is 13.0 Å². The number of nitrogens with zero attached hydrogens (tertiary/aromatic N) is 3. The second-order valence-electron chi connectivity index (χ2n) is 4.05. The molecule has 0 atom stereocenters. The molecule has 19 heavy (non-hydrogen) atoms. The number of phenols is 2. The van der Waals surface area contributed by atoms with E-state index in [0.717, 1.165) is 5.56 Å². The van der Waals surface area contributed by atoms with Crippen LogP contribution in [0, 0.1) is 0 Å². The Morgan fingerprint density at radius 3 is 2.53 bits per heavy atom. The van der Waals surface area contributed by atoms with Crippen LogP contribution in [-0.2, 0) is 6.42 Å². The van der Waals surface area contributed by atoms with Gasteiger partial charge in [0.2, 0.25) is 5.96 Å². The Bertz CT molecular complexity index is 499. The predicted molar refractivity (Wildman–Crippen MR) is 75.3 cm³/mol. The van der Waals surface area contributed by atoms with E-state index in [2.05, 4.69) is 9.98 Å². The van der Waals surface area contributed by atoms with Crippen molar-refractivity contribution in [3.8, 4) is 11.5 Å². The molecule has 0 aromatic heterocycles. The summed E-state index contributed by atoms with van der Waals surface area (Å²) >= 11 is 0. The van der Waals surface area contributed by atoms with Gasteiger partial charge in [-0.1, -0.05) is 6.07 Å². The standard InChI is InChI=1S/C12H19N5O2/c1-15-11(13)16-12(14)17(2)6-5-8-3-4-9(18)10(19)7-8/h3-4,7,18-19H,5-6H2,1-2H3,(H4,13,14,15,16). The molecule has 0 heterocycles. The number of benzene rings is 1. The first-order valence-electron chi connectivity index (χ1n) is 5.72. The number of guanidine groups is 2. The van der Waals surface area contributed by atoms with Crippen LogP contribution in [-0.4, -0.2) is 47.7 Å². The molecule has 6 N–H and O–H groups in total. The quantitative estimate of drug-likeness (QED) is 0.343. The van der Waals surface area contributed by atoms with Crippen molar-refractivity contribution in [3.63, 3.8) is 0 Å². The maximum atomic E-state index is 9.38. The Hall–Kier alpha value is -2.44. The van der Waals surface area contributed by atoms with Crippen molar-refractivity contribution in [3.05, 3.63) is 23.8 Å². The Kier molecular flexibility index (Phi) is 4.99. The molecule has 7 nitrogen and oxygen atoms in total. The van der Waals surface area contributed by atoms with Crippen molar-refractivity contribution in [2.24, 2.45) is 21.5 Å². The summed E-state index contributed by atoms with van der Waals surface area (Å²) in [5.41, 5.74) is 12.1. The molecule has 0 fully saturated rings. The van der Waals surface area contributed by atoms with Gasteiger partial charge >= 0.3 is 0 Å². The summed E-state index contributed by atoms with van der Waals surface area (Å²) in [4.78, 5) is 9.31. The van der Waals surface area contributed by atoms with Gasteiger partial charge in [0.25, 0.3) is 0 Å². The maximum absolute atomic E-state index is 9.38. The first-order valence-corrected chi connectivity index (χ1v) is 5.72. The third-order valence-electron chi connectivity index (χ3n) is 2.63. The molecule has 1 aromatic rings. The highest BCUT2D eigenvalue weighted by Crippen LogP contribution is 2.24. The van der Waals surface area contributed by atoms with E-state index in [9.17, 15) is 10.2 Å². The minimum atomic E-state index is -0.135. The number of hydrogen-bond acceptors (Lipinski definition) is 3. The highest BCUT2D eigenvalue weighted by molar-refractivity contribution is 5.93. The number of phenolic OH excluding ortho intramolecular Hbond substituents is 2. The fourth-order valence-corrected chi connectivity index (χ4v) is 1.39. The van der Waals surface area contributed by atoms with Crippen molar-refractivity contribution >= 4 is 11.9 Å². The highest BCUT2D eigenvalue weighted by Gasteiger charge is 2.05. The smallest absolute Gasteiger partial charge is 0.218 e. The molecule has 0 spiro atoms. The molecule has 0 unspecified atom stereocenters. The summed E-state index contributed by atoms with van der Waals surface area (Å²) in [5, 5.41) is 18.6. The van der Waals surface area contributed by atoms with E-state index >= 15 is 0 Å². The van der Waals surface area contributed by atoms with Gasteiger partial charge in [-0.15, -0.1) is 0 Å². The van der Waals surface area contributed by atoms with Crippen molar-refractivity contribution in [2.45, 2.75) is 6.42 Å². The number of rotatable bonds is 3. The fraction of sp³-hybridized carbons (Fsp3) is 0.333. The highest BCUT2D eigenvalue weighted by atomic mass is 16.3. The van der Waals surface area contributed by atoms with Crippen molar-refractivity contribution in [1.29, 1.82) is 0 Å². The normalized spacial score (nSPS) is 12.5. The van der Waals surface area contributed by atoms with Gasteiger partial charge in [0, 0.05) is 20.6 Å². The minimum absolute atomic E-state index is 0.117. The molecule has 0 aliphatic rings. The lowest BCUT2D eigenvalue weighted by Crippen LogP contribution is -2.36. The van der Waals surface area contributed by atoms with E-state index in [-0.39, 0.29) is 23.4 Å². The molecule has 0 amide bonds. The van der Waals surface area contributed by atoms with Crippen LogP contribution in [0.2, 0.25) is 0 Å². The van der Waals surface area contributed by atoms with Crippen molar-refractivity contribution in [2.75, 3.05) is 20.6 Å². The van der Waals surface area contributed by atoms with Crippen LogP contribution >= 0.6 is 0 Å². The van der Waals surface area contributed by atoms with Gasteiger partial charge in [-0.2, -0.15) is 4.99 Å². The largest absolute Gasteiger partial charge is 0.504 e. The molecule has 1 aromatic carbocycles. The second-order valence-corrected chi connectivity index (χ2v) is 4.05. The zero-order valence-corrected chi connectivity index (χ0v) is 11.0. The predicted octanol–water partition coefficient (Wildman–Crippen LogP) is -0.169. The number of nitrogens with two attached hydrogens (primary N) is 2. The minimum Gasteiger partial charge on any atom is -0.504 e. The molecule has 0 radical (unpaired) electrons. The monoisotopic (exact) mass is 265 g/mol. The van der Waals surface area contributed by atoms with Crippen LogP contribution < -0.4 is 11.5 Å². The third-order valence-corrected chi connectivity index (χ3v) is 2.63. The van der Waals surface area contributed by atoms with Gasteiger partial charge in [-0.05, 0) is 24.1 Å². The summed E-state index contributed by atoms with van der Waals surface area (Å²) in [6.07, 6.45) is 0.643. The van der Waals surface area contributed by atoms with E-state index < -0.39 is 0 Å². The van der Waals surface area contributed by atoms with Gasteiger partial charge in [0.1, 0.15) is 0 Å². The topological polar surface area (TPSA) is 120 Å². The Morgan fingerprint density at radius 2 is 1.95 bits per heavy atom.